The molecule has 0 bridgehead atoms. The largest absolute Gasteiger partial charge is 0.497 e. The van der Waals surface area contributed by atoms with Crippen molar-refractivity contribution in [2.24, 2.45) is 0 Å². The third-order valence-corrected chi connectivity index (χ3v) is 5.73. The number of hydrogen-bond acceptors (Lipinski definition) is 3. The first-order valence-electron chi connectivity index (χ1n) is 8.10. The summed E-state index contributed by atoms with van der Waals surface area (Å²) in [5, 5.41) is 8.62. The monoisotopic (exact) mass is 601 g/mol. The molecule has 1 atom stereocenters. The number of anilines is 1. The van der Waals surface area contributed by atoms with E-state index < -0.39 is 9.96 Å². The van der Waals surface area contributed by atoms with Crippen LogP contribution >= 0.6 is 78.9 Å². The number of carbonyl (C=O) groups is 1. The van der Waals surface area contributed by atoms with Crippen LogP contribution in [0.1, 0.15) is 5.56 Å². The highest BCUT2D eigenvalue weighted by atomic mass is 79.9. The van der Waals surface area contributed by atoms with Gasteiger partial charge in [-0.05, 0) is 61.8 Å². The molecule has 0 saturated carbocycles. The molecule has 0 saturated heterocycles. The van der Waals surface area contributed by atoms with Crippen LogP contribution in [0.2, 0.25) is 0 Å². The SMILES string of the molecule is COc1cc(Br)c(NC(=S)N[C@@H](NC(=O)Cc2ccccc2)C(Cl)(Cl)Cl)c(Br)c1. The van der Waals surface area contributed by atoms with Crippen LogP contribution in [0.15, 0.2) is 51.4 Å². The fourth-order valence-corrected chi connectivity index (χ4v) is 4.15. The maximum absolute atomic E-state index is 12.4. The van der Waals surface area contributed by atoms with E-state index in [0.717, 1.165) is 5.56 Å². The lowest BCUT2D eigenvalue weighted by atomic mass is 10.1. The summed E-state index contributed by atoms with van der Waals surface area (Å²) in [5.74, 6) is 0.329. The van der Waals surface area contributed by atoms with Gasteiger partial charge in [-0.25, -0.2) is 0 Å². The van der Waals surface area contributed by atoms with E-state index in [1.165, 1.54) is 0 Å². The molecule has 0 aliphatic rings. The first-order valence-corrected chi connectivity index (χ1v) is 11.2. The highest BCUT2D eigenvalue weighted by Gasteiger charge is 2.34. The Balaban J connectivity index is 2.06. The van der Waals surface area contributed by atoms with E-state index in [-0.39, 0.29) is 17.4 Å². The van der Waals surface area contributed by atoms with Crippen LogP contribution in [-0.2, 0) is 11.2 Å². The Morgan fingerprint density at radius 3 is 2.24 bits per heavy atom. The molecule has 2 aromatic carbocycles. The van der Waals surface area contributed by atoms with Gasteiger partial charge in [-0.1, -0.05) is 65.1 Å². The van der Waals surface area contributed by atoms with Crippen molar-refractivity contribution in [1.29, 1.82) is 0 Å². The first-order chi connectivity index (χ1) is 13.6. The second-order valence-corrected chi connectivity index (χ2v) is 10.3. The van der Waals surface area contributed by atoms with Crippen LogP contribution in [0.3, 0.4) is 0 Å². The summed E-state index contributed by atoms with van der Waals surface area (Å²) in [5.41, 5.74) is 1.47. The standard InChI is InChI=1S/C18H16Br2Cl3N3O2S/c1-28-11-8-12(19)15(13(20)9-11)25-17(29)26-16(18(21,22)23)24-14(27)7-10-5-3-2-4-6-10/h2-6,8-9,16H,7H2,1H3,(H,24,27)(H2,25,26,29)/t16-/m1/s1. The Morgan fingerprint density at radius 1 is 1.14 bits per heavy atom. The van der Waals surface area contributed by atoms with Crippen molar-refractivity contribution in [1.82, 2.24) is 10.6 Å². The average molecular weight is 605 g/mol. The lowest BCUT2D eigenvalue weighted by molar-refractivity contribution is -0.121. The highest BCUT2D eigenvalue weighted by molar-refractivity contribution is 9.11. The zero-order valence-electron chi connectivity index (χ0n) is 14.9. The van der Waals surface area contributed by atoms with Gasteiger partial charge in [0, 0.05) is 8.95 Å². The molecular weight excluding hydrogens is 588 g/mol. The fourth-order valence-electron chi connectivity index (χ4n) is 2.26. The van der Waals surface area contributed by atoms with Gasteiger partial charge < -0.3 is 20.7 Å². The first kappa shape index (κ1) is 24.5. The van der Waals surface area contributed by atoms with Gasteiger partial charge in [0.15, 0.2) is 5.11 Å². The number of nitrogens with one attached hydrogen (secondary N) is 3. The summed E-state index contributed by atoms with van der Waals surface area (Å²) in [6.45, 7) is 0. The van der Waals surface area contributed by atoms with Crippen LogP contribution < -0.4 is 20.7 Å². The number of ether oxygens (including phenoxy) is 1. The summed E-state index contributed by atoms with van der Waals surface area (Å²) in [6.07, 6.45) is -0.922. The van der Waals surface area contributed by atoms with E-state index >= 15 is 0 Å². The number of thiocarbonyl (C=S) groups is 1. The molecule has 29 heavy (non-hydrogen) atoms. The quantitative estimate of drug-likeness (QED) is 0.229. The number of hydrogen-bond donors (Lipinski definition) is 3. The molecule has 0 aliphatic carbocycles. The molecule has 0 unspecified atom stereocenters. The van der Waals surface area contributed by atoms with Crippen molar-refractivity contribution in [2.75, 3.05) is 12.4 Å². The molecule has 0 fully saturated rings. The minimum atomic E-state index is -1.84. The molecule has 2 rings (SSSR count). The van der Waals surface area contributed by atoms with Gasteiger partial charge in [-0.15, -0.1) is 0 Å². The highest BCUT2D eigenvalue weighted by Crippen LogP contribution is 2.35. The molecule has 1 amide bonds. The summed E-state index contributed by atoms with van der Waals surface area (Å²) in [4.78, 5) is 12.4. The summed E-state index contributed by atoms with van der Waals surface area (Å²) >= 11 is 30.3. The molecule has 0 spiro atoms. The molecule has 3 N–H and O–H groups in total. The molecule has 0 aliphatic heterocycles. The van der Waals surface area contributed by atoms with Gasteiger partial charge >= 0.3 is 0 Å². The molecule has 0 radical (unpaired) electrons. The maximum atomic E-state index is 12.4. The second-order valence-electron chi connectivity index (χ2n) is 5.77. The van der Waals surface area contributed by atoms with Gasteiger partial charge in [0.1, 0.15) is 11.9 Å². The minimum absolute atomic E-state index is 0.134. The van der Waals surface area contributed by atoms with Crippen molar-refractivity contribution in [3.8, 4) is 5.75 Å². The Hall–Kier alpha value is -0.770. The van der Waals surface area contributed by atoms with Crippen LogP contribution in [0.25, 0.3) is 0 Å². The number of halogens is 5. The minimum Gasteiger partial charge on any atom is -0.497 e. The van der Waals surface area contributed by atoms with Gasteiger partial charge in [0.2, 0.25) is 9.70 Å². The lowest BCUT2D eigenvalue weighted by Crippen LogP contribution is -2.56. The number of benzene rings is 2. The van der Waals surface area contributed by atoms with Gasteiger partial charge in [0.05, 0.1) is 19.2 Å². The van der Waals surface area contributed by atoms with Crippen LogP contribution in [-0.4, -0.2) is 28.1 Å². The Labute approximate surface area is 206 Å². The maximum Gasteiger partial charge on any atom is 0.228 e. The van der Waals surface area contributed by atoms with Crippen molar-refractivity contribution in [3.05, 3.63) is 57.0 Å². The average Bonchev–Trinajstić information content (AvgIpc) is 2.64. The number of rotatable bonds is 6. The predicted molar refractivity (Wildman–Crippen MR) is 130 cm³/mol. The number of alkyl halides is 3. The van der Waals surface area contributed by atoms with Crippen LogP contribution in [0.5, 0.6) is 5.75 Å². The molecular formula is C18H16Br2Cl3N3O2S. The van der Waals surface area contributed by atoms with E-state index in [9.17, 15) is 4.79 Å². The zero-order chi connectivity index (χ0) is 21.6. The van der Waals surface area contributed by atoms with Crippen molar-refractivity contribution in [3.63, 3.8) is 0 Å². The third-order valence-electron chi connectivity index (χ3n) is 3.61. The number of carbonyl (C=O) groups excluding carboxylic acids is 1. The molecule has 2 aromatic rings. The van der Waals surface area contributed by atoms with Crippen LogP contribution in [0, 0.1) is 0 Å². The summed E-state index contributed by atoms with van der Waals surface area (Å²) in [6, 6.07) is 12.8. The van der Waals surface area contributed by atoms with Gasteiger partial charge in [-0.2, -0.15) is 0 Å². The summed E-state index contributed by atoms with van der Waals surface area (Å²) < 4.78 is 4.76. The number of methoxy groups -OCH3 is 1. The van der Waals surface area contributed by atoms with Gasteiger partial charge in [-0.3, -0.25) is 4.79 Å². The molecule has 11 heteroatoms. The van der Waals surface area contributed by atoms with E-state index in [0.29, 0.717) is 20.4 Å². The van der Waals surface area contributed by atoms with Crippen molar-refractivity contribution in [2.45, 2.75) is 16.4 Å². The van der Waals surface area contributed by atoms with Crippen LogP contribution in [0.4, 0.5) is 5.69 Å². The molecule has 156 valence electrons. The van der Waals surface area contributed by atoms with E-state index in [4.69, 9.17) is 51.8 Å². The second kappa shape index (κ2) is 11.0. The zero-order valence-corrected chi connectivity index (χ0v) is 21.2. The predicted octanol–water partition coefficient (Wildman–Crippen LogP) is 5.56. The molecule has 5 nitrogen and oxygen atoms in total. The topological polar surface area (TPSA) is 62.4 Å². The lowest BCUT2D eigenvalue weighted by Gasteiger charge is -2.28. The van der Waals surface area contributed by atoms with E-state index in [1.54, 1.807) is 19.2 Å². The Morgan fingerprint density at radius 2 is 1.72 bits per heavy atom. The third kappa shape index (κ3) is 7.77. The summed E-state index contributed by atoms with van der Waals surface area (Å²) in [7, 11) is 1.57. The number of amides is 1. The Bertz CT molecular complexity index is 859. The van der Waals surface area contributed by atoms with E-state index in [1.807, 2.05) is 30.3 Å². The smallest absolute Gasteiger partial charge is 0.228 e. The van der Waals surface area contributed by atoms with Crippen molar-refractivity contribution >= 4 is 95.6 Å². The van der Waals surface area contributed by atoms with E-state index in [2.05, 4.69) is 47.8 Å². The van der Waals surface area contributed by atoms with Crippen molar-refractivity contribution < 1.29 is 9.53 Å². The fraction of sp³-hybridized carbons (Fsp3) is 0.222. The Kier molecular flexibility index (Phi) is 9.31. The van der Waals surface area contributed by atoms with Gasteiger partial charge in [0.25, 0.3) is 0 Å². The molecule has 0 aromatic heterocycles. The normalized spacial score (nSPS) is 12.1. The molecule has 0 heterocycles.